The molecule has 3 N–H and O–H groups in total. The molecule has 9 nitrogen and oxygen atoms in total. The number of benzene rings is 1. The number of carboxylic acid groups (broad SMARTS) is 2. The highest BCUT2D eigenvalue weighted by Gasteiger charge is 2.05. The lowest BCUT2D eigenvalue weighted by Crippen LogP contribution is -2.03. The Bertz CT molecular complexity index is 919. The maximum Gasteiger partial charge on any atom is 0.356 e. The largest absolute Gasteiger partial charge is 0.476 e. The molecule has 0 amide bonds. The summed E-state index contributed by atoms with van der Waals surface area (Å²) in [6.07, 6.45) is 0. The highest BCUT2D eigenvalue weighted by atomic mass is 35.5. The fourth-order valence-corrected chi connectivity index (χ4v) is 1.85. The topological polar surface area (TPSA) is 138 Å². The van der Waals surface area contributed by atoms with Gasteiger partial charge in [-0.15, -0.1) is 20.4 Å². The molecule has 0 aliphatic carbocycles. The Balaban J connectivity index is 0.000000223. The third-order valence-corrected chi connectivity index (χ3v) is 3.30. The van der Waals surface area contributed by atoms with E-state index in [4.69, 9.17) is 33.4 Å². The van der Waals surface area contributed by atoms with Crippen molar-refractivity contribution in [2.45, 2.75) is 0 Å². The van der Waals surface area contributed by atoms with Crippen LogP contribution >= 0.6 is 23.2 Å². The van der Waals surface area contributed by atoms with Gasteiger partial charge in [-0.05, 0) is 48.5 Å². The third-order valence-electron chi connectivity index (χ3n) is 2.85. The van der Waals surface area contributed by atoms with Crippen LogP contribution in [0, 0.1) is 0 Å². The average Bonchev–Trinajstić information content (AvgIpc) is 2.65. The van der Waals surface area contributed by atoms with Gasteiger partial charge in [-0.3, -0.25) is 0 Å². The van der Waals surface area contributed by atoms with Crippen molar-refractivity contribution in [3.63, 3.8) is 0 Å². The van der Waals surface area contributed by atoms with Crippen LogP contribution in [0.15, 0.2) is 48.5 Å². The highest BCUT2D eigenvalue weighted by Crippen LogP contribution is 2.17. The van der Waals surface area contributed by atoms with Gasteiger partial charge in [0.15, 0.2) is 22.4 Å². The van der Waals surface area contributed by atoms with Gasteiger partial charge in [-0.2, -0.15) is 0 Å². The number of halogens is 2. The number of hydrogen-bond donors (Lipinski definition) is 3. The van der Waals surface area contributed by atoms with E-state index in [1.807, 2.05) is 0 Å². The summed E-state index contributed by atoms with van der Waals surface area (Å²) in [4.78, 5) is 20.7. The summed E-state index contributed by atoms with van der Waals surface area (Å²) in [5.74, 6) is -1.74. The summed E-state index contributed by atoms with van der Waals surface area (Å²) in [5.41, 5.74) is 0.600. The molecular formula is C16H11Cl2N5O4. The fourth-order valence-electron chi connectivity index (χ4n) is 1.62. The Kier molecular flexibility index (Phi) is 6.98. The molecule has 0 aliphatic rings. The van der Waals surface area contributed by atoms with Crippen molar-refractivity contribution in [2.75, 3.05) is 5.32 Å². The maximum absolute atomic E-state index is 10.6. The Morgan fingerprint density at radius 2 is 1.30 bits per heavy atom. The predicted octanol–water partition coefficient (Wildman–Crippen LogP) is 3.40. The highest BCUT2D eigenvalue weighted by molar-refractivity contribution is 6.30. The Morgan fingerprint density at radius 1 is 0.741 bits per heavy atom. The third kappa shape index (κ3) is 6.49. The standard InChI is InChI=1S/C11H8ClN3O2.C5H3ClN2O2/c12-7-1-3-8(4-2-7)13-10-6-5-9(11(16)17)14-15-10;6-4-2-1-3(5(9)10)7-8-4/h1-6H,(H,13,15)(H,16,17);1-2H,(H,9,10). The first-order valence-corrected chi connectivity index (χ1v) is 7.93. The van der Waals surface area contributed by atoms with Crippen LogP contribution in [0.5, 0.6) is 0 Å². The first-order chi connectivity index (χ1) is 12.8. The molecular weight excluding hydrogens is 397 g/mol. The zero-order valence-corrected chi connectivity index (χ0v) is 14.9. The summed E-state index contributed by atoms with van der Waals surface area (Å²) in [6, 6.07) is 12.6. The number of aromatic carboxylic acids is 2. The van der Waals surface area contributed by atoms with Gasteiger partial charge in [-0.1, -0.05) is 23.2 Å². The van der Waals surface area contributed by atoms with Gasteiger partial charge < -0.3 is 15.5 Å². The van der Waals surface area contributed by atoms with Gasteiger partial charge in [0.05, 0.1) is 0 Å². The van der Waals surface area contributed by atoms with E-state index in [1.54, 1.807) is 30.3 Å². The Morgan fingerprint density at radius 3 is 1.74 bits per heavy atom. The van der Waals surface area contributed by atoms with Crippen molar-refractivity contribution >= 4 is 46.6 Å². The van der Waals surface area contributed by atoms with Gasteiger partial charge >= 0.3 is 11.9 Å². The number of carboxylic acids is 2. The van der Waals surface area contributed by atoms with Crippen LogP contribution < -0.4 is 5.32 Å². The van der Waals surface area contributed by atoms with E-state index in [-0.39, 0.29) is 16.5 Å². The van der Waals surface area contributed by atoms with E-state index in [1.165, 1.54) is 18.2 Å². The smallest absolute Gasteiger partial charge is 0.356 e. The molecule has 0 unspecified atom stereocenters. The van der Waals surface area contributed by atoms with Crippen LogP contribution in [0.4, 0.5) is 11.5 Å². The van der Waals surface area contributed by atoms with E-state index in [0.717, 1.165) is 5.69 Å². The van der Waals surface area contributed by atoms with E-state index >= 15 is 0 Å². The molecule has 2 heterocycles. The van der Waals surface area contributed by atoms with Gasteiger partial charge in [0.2, 0.25) is 0 Å². The van der Waals surface area contributed by atoms with Crippen molar-refractivity contribution in [1.29, 1.82) is 0 Å². The Labute approximate surface area is 162 Å². The summed E-state index contributed by atoms with van der Waals surface area (Å²) in [5, 5.41) is 34.7. The molecule has 27 heavy (non-hydrogen) atoms. The second kappa shape index (κ2) is 9.41. The van der Waals surface area contributed by atoms with Gasteiger partial charge in [-0.25, -0.2) is 9.59 Å². The normalized spacial score (nSPS) is 9.70. The van der Waals surface area contributed by atoms with Crippen LogP contribution in [0.3, 0.4) is 0 Å². The van der Waals surface area contributed by atoms with Crippen LogP contribution in [0.2, 0.25) is 10.2 Å². The van der Waals surface area contributed by atoms with Gasteiger partial charge in [0.1, 0.15) is 0 Å². The zero-order chi connectivity index (χ0) is 19.8. The minimum Gasteiger partial charge on any atom is -0.476 e. The monoisotopic (exact) mass is 407 g/mol. The number of aromatic nitrogens is 4. The number of hydrogen-bond acceptors (Lipinski definition) is 7. The van der Waals surface area contributed by atoms with Crippen molar-refractivity contribution in [1.82, 2.24) is 20.4 Å². The molecule has 11 heteroatoms. The summed E-state index contributed by atoms with van der Waals surface area (Å²) in [6.45, 7) is 0. The van der Waals surface area contributed by atoms with Crippen molar-refractivity contribution in [3.05, 3.63) is 70.1 Å². The molecule has 138 valence electrons. The first kappa shape index (κ1) is 20.0. The molecule has 0 aliphatic heterocycles. The Hall–Kier alpha value is -3.30. The van der Waals surface area contributed by atoms with Crippen LogP contribution in [-0.4, -0.2) is 42.5 Å². The van der Waals surface area contributed by atoms with E-state index in [9.17, 15) is 9.59 Å². The van der Waals surface area contributed by atoms with E-state index in [0.29, 0.717) is 10.8 Å². The lowest BCUT2D eigenvalue weighted by Gasteiger charge is -2.04. The van der Waals surface area contributed by atoms with E-state index < -0.39 is 11.9 Å². The molecule has 3 aromatic rings. The minimum absolute atomic E-state index is 0.0911. The summed E-state index contributed by atoms with van der Waals surface area (Å²) < 4.78 is 0. The molecule has 0 atom stereocenters. The van der Waals surface area contributed by atoms with Gasteiger partial charge in [0, 0.05) is 10.7 Å². The molecule has 0 spiro atoms. The second-order valence-electron chi connectivity index (χ2n) is 4.79. The average molecular weight is 408 g/mol. The number of nitrogens with one attached hydrogen (secondary N) is 1. The molecule has 3 rings (SSSR count). The lowest BCUT2D eigenvalue weighted by molar-refractivity contribution is 0.0678. The minimum atomic E-state index is -1.11. The first-order valence-electron chi connectivity index (χ1n) is 7.17. The van der Waals surface area contributed by atoms with Crippen LogP contribution in [0.1, 0.15) is 21.0 Å². The molecule has 0 saturated heterocycles. The van der Waals surface area contributed by atoms with Crippen molar-refractivity contribution < 1.29 is 19.8 Å². The fraction of sp³-hybridized carbons (Fsp3) is 0. The molecule has 0 radical (unpaired) electrons. The predicted molar refractivity (Wildman–Crippen MR) is 97.7 cm³/mol. The molecule has 2 aromatic heterocycles. The maximum atomic E-state index is 10.6. The summed E-state index contributed by atoms with van der Waals surface area (Å²) >= 11 is 11.1. The van der Waals surface area contributed by atoms with Crippen molar-refractivity contribution in [3.8, 4) is 0 Å². The molecule has 1 aromatic carbocycles. The lowest BCUT2D eigenvalue weighted by atomic mass is 10.3. The molecule has 0 fully saturated rings. The second-order valence-corrected chi connectivity index (χ2v) is 5.61. The quantitative estimate of drug-likeness (QED) is 0.593. The number of carbonyl (C=O) groups is 2. The van der Waals surface area contributed by atoms with E-state index in [2.05, 4.69) is 25.7 Å². The summed E-state index contributed by atoms with van der Waals surface area (Å²) in [7, 11) is 0. The van der Waals surface area contributed by atoms with Crippen molar-refractivity contribution in [2.24, 2.45) is 0 Å². The SMILES string of the molecule is O=C(O)c1ccc(Cl)nn1.O=C(O)c1ccc(Nc2ccc(Cl)cc2)nn1. The van der Waals surface area contributed by atoms with Crippen LogP contribution in [-0.2, 0) is 0 Å². The molecule has 0 saturated carbocycles. The number of nitrogens with zero attached hydrogens (tertiary/aromatic N) is 4. The number of rotatable bonds is 4. The number of anilines is 2. The zero-order valence-electron chi connectivity index (χ0n) is 13.4. The van der Waals surface area contributed by atoms with Gasteiger partial charge in [0.25, 0.3) is 0 Å². The molecule has 0 bridgehead atoms. The van der Waals surface area contributed by atoms with Crippen LogP contribution in [0.25, 0.3) is 0 Å².